The molecule has 1 aromatic heterocycles. The summed E-state index contributed by atoms with van der Waals surface area (Å²) in [6.07, 6.45) is 0. The molecule has 2 rings (SSSR count). The molecule has 0 aliphatic rings. The molecule has 0 saturated carbocycles. The summed E-state index contributed by atoms with van der Waals surface area (Å²) < 4.78 is 32.5. The first-order valence-corrected chi connectivity index (χ1v) is 8.76. The van der Waals surface area contributed by atoms with Gasteiger partial charge in [-0.05, 0) is 36.7 Å². The van der Waals surface area contributed by atoms with E-state index in [0.29, 0.717) is 18.8 Å². The fourth-order valence-electron chi connectivity index (χ4n) is 1.91. The normalized spacial score (nSPS) is 11.5. The van der Waals surface area contributed by atoms with Crippen molar-refractivity contribution in [1.82, 2.24) is 10.0 Å². The van der Waals surface area contributed by atoms with Crippen LogP contribution in [0.15, 0.2) is 40.6 Å². The lowest BCUT2D eigenvalue weighted by Crippen LogP contribution is -2.23. The Bertz CT molecular complexity index is 682. The van der Waals surface area contributed by atoms with Crippen LogP contribution in [0.25, 0.3) is 0 Å². The molecule has 7 heteroatoms. The molecule has 2 N–H and O–H groups in total. The van der Waals surface area contributed by atoms with Crippen molar-refractivity contribution in [2.45, 2.75) is 18.0 Å². The number of ether oxygens (including phenoxy) is 1. The lowest BCUT2D eigenvalue weighted by atomic mass is 10.2. The summed E-state index contributed by atoms with van der Waals surface area (Å²) >= 11 is 1.52. The van der Waals surface area contributed by atoms with Gasteiger partial charge in [-0.2, -0.15) is 0 Å². The van der Waals surface area contributed by atoms with Crippen LogP contribution in [0.5, 0.6) is 5.75 Å². The smallest absolute Gasteiger partial charge is 0.240 e. The third-order valence-electron chi connectivity index (χ3n) is 2.95. The van der Waals surface area contributed by atoms with E-state index in [4.69, 9.17) is 4.74 Å². The zero-order valence-electron chi connectivity index (χ0n) is 11.9. The minimum Gasteiger partial charge on any atom is -0.496 e. The molecule has 1 aromatic carbocycles. The first-order chi connectivity index (χ1) is 10.1. The number of hydrogen-bond donors (Lipinski definition) is 2. The van der Waals surface area contributed by atoms with E-state index >= 15 is 0 Å². The Balaban J connectivity index is 2.20. The van der Waals surface area contributed by atoms with Crippen LogP contribution in [-0.4, -0.2) is 22.6 Å². The van der Waals surface area contributed by atoms with Gasteiger partial charge < -0.3 is 10.1 Å². The Morgan fingerprint density at radius 1 is 1.24 bits per heavy atom. The topological polar surface area (TPSA) is 67.4 Å². The van der Waals surface area contributed by atoms with Crippen LogP contribution in [0.2, 0.25) is 0 Å². The SMILES string of the molecule is CNCc1cc(S(=O)(=O)NCc2cccs2)ccc1OC. The molecule has 2 aromatic rings. The largest absolute Gasteiger partial charge is 0.496 e. The molecule has 0 atom stereocenters. The lowest BCUT2D eigenvalue weighted by molar-refractivity contribution is 0.408. The van der Waals surface area contributed by atoms with Crippen molar-refractivity contribution in [3.05, 3.63) is 46.2 Å². The molecule has 0 bridgehead atoms. The van der Waals surface area contributed by atoms with Crippen molar-refractivity contribution in [1.29, 1.82) is 0 Å². The predicted octanol–water partition coefficient (Wildman–Crippen LogP) is 1.95. The van der Waals surface area contributed by atoms with Crippen LogP contribution in [0.4, 0.5) is 0 Å². The maximum atomic E-state index is 12.3. The van der Waals surface area contributed by atoms with Gasteiger partial charge in [-0.3, -0.25) is 0 Å². The molecule has 0 radical (unpaired) electrons. The Morgan fingerprint density at radius 2 is 2.05 bits per heavy atom. The Morgan fingerprint density at radius 3 is 2.67 bits per heavy atom. The van der Waals surface area contributed by atoms with Gasteiger partial charge in [0, 0.05) is 23.5 Å². The maximum Gasteiger partial charge on any atom is 0.240 e. The van der Waals surface area contributed by atoms with Crippen molar-refractivity contribution < 1.29 is 13.2 Å². The summed E-state index contributed by atoms with van der Waals surface area (Å²) in [5.74, 6) is 0.668. The van der Waals surface area contributed by atoms with Gasteiger partial charge in [0.15, 0.2) is 0 Å². The highest BCUT2D eigenvalue weighted by molar-refractivity contribution is 7.89. The molecule has 0 spiro atoms. The number of sulfonamides is 1. The Kier molecular flexibility index (Phi) is 5.35. The predicted molar refractivity (Wildman–Crippen MR) is 84.1 cm³/mol. The summed E-state index contributed by atoms with van der Waals surface area (Å²) in [6, 6.07) is 8.65. The number of benzene rings is 1. The Hall–Kier alpha value is -1.41. The summed E-state index contributed by atoms with van der Waals surface area (Å²) in [6.45, 7) is 0.838. The number of nitrogens with one attached hydrogen (secondary N) is 2. The first kappa shape index (κ1) is 16.0. The monoisotopic (exact) mass is 326 g/mol. The summed E-state index contributed by atoms with van der Waals surface area (Å²) in [4.78, 5) is 1.22. The molecular formula is C14H18N2O3S2. The quantitative estimate of drug-likeness (QED) is 0.816. The van der Waals surface area contributed by atoms with Gasteiger partial charge in [-0.25, -0.2) is 13.1 Å². The number of rotatable bonds is 7. The van der Waals surface area contributed by atoms with Gasteiger partial charge in [0.05, 0.1) is 12.0 Å². The van der Waals surface area contributed by atoms with Gasteiger partial charge in [-0.1, -0.05) is 6.07 Å². The fraction of sp³-hybridized carbons (Fsp3) is 0.286. The third-order valence-corrected chi connectivity index (χ3v) is 5.22. The molecule has 0 aliphatic heterocycles. The average molecular weight is 326 g/mol. The second kappa shape index (κ2) is 7.04. The molecule has 0 amide bonds. The van der Waals surface area contributed by atoms with E-state index < -0.39 is 10.0 Å². The van der Waals surface area contributed by atoms with E-state index in [-0.39, 0.29) is 4.90 Å². The average Bonchev–Trinajstić information content (AvgIpc) is 2.99. The molecule has 0 saturated heterocycles. The van der Waals surface area contributed by atoms with Crippen molar-refractivity contribution >= 4 is 21.4 Å². The number of hydrogen-bond acceptors (Lipinski definition) is 5. The second-order valence-electron chi connectivity index (χ2n) is 4.41. The second-order valence-corrected chi connectivity index (χ2v) is 7.21. The van der Waals surface area contributed by atoms with Crippen LogP contribution in [0.1, 0.15) is 10.4 Å². The number of thiophene rings is 1. The van der Waals surface area contributed by atoms with E-state index in [2.05, 4.69) is 10.0 Å². The van der Waals surface area contributed by atoms with Gasteiger partial charge >= 0.3 is 0 Å². The third kappa shape index (κ3) is 4.04. The van der Waals surface area contributed by atoms with E-state index in [1.54, 1.807) is 32.4 Å². The van der Waals surface area contributed by atoms with Gasteiger partial charge in [0.1, 0.15) is 5.75 Å². The highest BCUT2D eigenvalue weighted by atomic mass is 32.2. The summed E-state index contributed by atoms with van der Waals surface area (Å²) in [5, 5.41) is 4.92. The van der Waals surface area contributed by atoms with Crippen LogP contribution in [-0.2, 0) is 23.1 Å². The molecule has 0 unspecified atom stereocenters. The maximum absolute atomic E-state index is 12.3. The van der Waals surface area contributed by atoms with E-state index in [1.807, 2.05) is 17.5 Å². The van der Waals surface area contributed by atoms with Crippen LogP contribution >= 0.6 is 11.3 Å². The molecule has 114 valence electrons. The molecule has 0 aliphatic carbocycles. The molecule has 1 heterocycles. The standard InChI is InChI=1S/C14H18N2O3S2/c1-15-9-11-8-13(5-6-14(11)19-2)21(17,18)16-10-12-4-3-7-20-12/h3-8,15-16H,9-10H2,1-2H3. The van der Waals surface area contributed by atoms with Crippen molar-refractivity contribution in [2.24, 2.45) is 0 Å². The molecule has 21 heavy (non-hydrogen) atoms. The van der Waals surface area contributed by atoms with Crippen LogP contribution < -0.4 is 14.8 Å². The van der Waals surface area contributed by atoms with Gasteiger partial charge in [0.2, 0.25) is 10.0 Å². The Labute approximate surface area is 129 Å². The first-order valence-electron chi connectivity index (χ1n) is 6.40. The minimum absolute atomic E-state index is 0.241. The van der Waals surface area contributed by atoms with Crippen molar-refractivity contribution in [3.63, 3.8) is 0 Å². The van der Waals surface area contributed by atoms with Crippen LogP contribution in [0.3, 0.4) is 0 Å². The highest BCUT2D eigenvalue weighted by Gasteiger charge is 2.16. The van der Waals surface area contributed by atoms with Gasteiger partial charge in [-0.15, -0.1) is 11.3 Å². The molecular weight excluding hydrogens is 308 g/mol. The fourth-order valence-corrected chi connectivity index (χ4v) is 3.71. The number of methoxy groups -OCH3 is 1. The van der Waals surface area contributed by atoms with Crippen LogP contribution in [0, 0.1) is 0 Å². The van der Waals surface area contributed by atoms with Crippen molar-refractivity contribution in [3.8, 4) is 5.75 Å². The van der Waals surface area contributed by atoms with E-state index in [0.717, 1.165) is 10.4 Å². The zero-order valence-corrected chi connectivity index (χ0v) is 13.6. The van der Waals surface area contributed by atoms with E-state index in [9.17, 15) is 8.42 Å². The zero-order chi connectivity index (χ0) is 15.3. The minimum atomic E-state index is -3.53. The van der Waals surface area contributed by atoms with E-state index in [1.165, 1.54) is 11.3 Å². The lowest BCUT2D eigenvalue weighted by Gasteiger charge is -2.11. The molecule has 5 nitrogen and oxygen atoms in total. The van der Waals surface area contributed by atoms with Gasteiger partial charge in [0.25, 0.3) is 0 Å². The highest BCUT2D eigenvalue weighted by Crippen LogP contribution is 2.22. The summed E-state index contributed by atoms with van der Waals surface area (Å²) in [5.41, 5.74) is 0.805. The summed E-state index contributed by atoms with van der Waals surface area (Å²) in [7, 11) is -0.160. The van der Waals surface area contributed by atoms with Crippen molar-refractivity contribution in [2.75, 3.05) is 14.2 Å². The molecule has 0 fully saturated rings.